The van der Waals surface area contributed by atoms with Gasteiger partial charge in [-0.25, -0.2) is 0 Å². The van der Waals surface area contributed by atoms with Gasteiger partial charge in [0.25, 0.3) is 0 Å². The van der Waals surface area contributed by atoms with Crippen LogP contribution >= 0.6 is 0 Å². The Morgan fingerprint density at radius 3 is 2.47 bits per heavy atom. The molecular weight excluding hydrogens is 230 g/mol. The molecule has 0 saturated carbocycles. The predicted molar refractivity (Wildman–Crippen MR) is 84.5 cm³/mol. The molecule has 0 amide bonds. The second-order valence-corrected chi connectivity index (χ2v) is 5.58. The molecule has 0 aliphatic heterocycles. The van der Waals surface area contributed by atoms with Crippen LogP contribution in [-0.4, -0.2) is 6.04 Å². The molecule has 1 heteroatoms. The van der Waals surface area contributed by atoms with Gasteiger partial charge >= 0.3 is 0 Å². The number of unbranched alkanes of at least 4 members (excludes halogenated alkanes) is 1. The number of fused-ring (bicyclic) bond motifs is 1. The standard InChI is InChI=1S/C18H25N/c1-4-5-13-18(19-14(2)3)17-12-8-10-15-9-6-7-11-16(15)17/h6-12,14,18-19H,4-5,13H2,1-3H3. The fraction of sp³-hybridized carbons (Fsp3) is 0.444. The van der Waals surface area contributed by atoms with E-state index in [-0.39, 0.29) is 0 Å². The smallest absolute Gasteiger partial charge is 0.0328 e. The molecular formula is C18H25N. The molecule has 0 saturated heterocycles. The number of nitrogens with one attached hydrogen (secondary N) is 1. The SMILES string of the molecule is CCCCC(NC(C)C)c1cccc2ccccc12. The van der Waals surface area contributed by atoms with Crippen LogP contribution in [0.5, 0.6) is 0 Å². The first-order valence-electron chi connectivity index (χ1n) is 7.46. The van der Waals surface area contributed by atoms with Gasteiger partial charge in [-0.1, -0.05) is 76.1 Å². The molecule has 102 valence electrons. The van der Waals surface area contributed by atoms with Crippen molar-refractivity contribution in [3.8, 4) is 0 Å². The zero-order valence-electron chi connectivity index (χ0n) is 12.3. The average molecular weight is 255 g/mol. The molecule has 0 spiro atoms. The second kappa shape index (κ2) is 6.72. The van der Waals surface area contributed by atoms with E-state index in [2.05, 4.69) is 68.6 Å². The normalized spacial score (nSPS) is 13.1. The molecule has 1 atom stereocenters. The van der Waals surface area contributed by atoms with Crippen molar-refractivity contribution in [2.24, 2.45) is 0 Å². The fourth-order valence-electron chi connectivity index (χ4n) is 2.69. The molecule has 0 aliphatic rings. The van der Waals surface area contributed by atoms with Gasteiger partial charge in [0.1, 0.15) is 0 Å². The van der Waals surface area contributed by atoms with Crippen molar-refractivity contribution in [1.29, 1.82) is 0 Å². The molecule has 0 aromatic heterocycles. The zero-order valence-corrected chi connectivity index (χ0v) is 12.3. The van der Waals surface area contributed by atoms with E-state index in [9.17, 15) is 0 Å². The Hall–Kier alpha value is -1.34. The summed E-state index contributed by atoms with van der Waals surface area (Å²) in [6, 6.07) is 16.3. The van der Waals surface area contributed by atoms with E-state index in [0.717, 1.165) is 0 Å². The van der Waals surface area contributed by atoms with E-state index in [1.807, 2.05) is 0 Å². The molecule has 19 heavy (non-hydrogen) atoms. The lowest BCUT2D eigenvalue weighted by atomic mass is 9.95. The van der Waals surface area contributed by atoms with Crippen LogP contribution in [0.4, 0.5) is 0 Å². The minimum absolute atomic E-state index is 0.464. The van der Waals surface area contributed by atoms with Crippen LogP contribution in [0.1, 0.15) is 51.6 Å². The lowest BCUT2D eigenvalue weighted by Gasteiger charge is -2.23. The summed E-state index contributed by atoms with van der Waals surface area (Å²) < 4.78 is 0. The fourth-order valence-corrected chi connectivity index (χ4v) is 2.69. The Labute approximate surface area is 117 Å². The molecule has 0 bridgehead atoms. The van der Waals surface area contributed by atoms with Crippen LogP contribution in [0, 0.1) is 0 Å². The summed E-state index contributed by atoms with van der Waals surface area (Å²) in [5.74, 6) is 0. The summed E-state index contributed by atoms with van der Waals surface area (Å²) in [5, 5.41) is 6.45. The molecule has 0 aliphatic carbocycles. The highest BCUT2D eigenvalue weighted by atomic mass is 14.9. The maximum Gasteiger partial charge on any atom is 0.0328 e. The highest BCUT2D eigenvalue weighted by Gasteiger charge is 2.14. The maximum atomic E-state index is 3.72. The van der Waals surface area contributed by atoms with Crippen molar-refractivity contribution >= 4 is 10.8 Å². The summed E-state index contributed by atoms with van der Waals surface area (Å²) in [6.07, 6.45) is 3.73. The molecule has 2 aromatic carbocycles. The van der Waals surface area contributed by atoms with Gasteiger partial charge in [0.15, 0.2) is 0 Å². The Balaban J connectivity index is 2.37. The van der Waals surface area contributed by atoms with Gasteiger partial charge in [-0.05, 0) is 22.8 Å². The molecule has 0 radical (unpaired) electrons. The van der Waals surface area contributed by atoms with Gasteiger partial charge in [0, 0.05) is 12.1 Å². The first-order chi connectivity index (χ1) is 9.22. The molecule has 1 N–H and O–H groups in total. The van der Waals surface area contributed by atoms with Crippen LogP contribution in [0.2, 0.25) is 0 Å². The molecule has 2 aromatic rings. The molecule has 0 heterocycles. The molecule has 1 unspecified atom stereocenters. The first kappa shape index (κ1) is 14.1. The largest absolute Gasteiger partial charge is 0.308 e. The van der Waals surface area contributed by atoms with Crippen LogP contribution in [0.3, 0.4) is 0 Å². The first-order valence-corrected chi connectivity index (χ1v) is 7.46. The molecule has 0 fully saturated rings. The minimum atomic E-state index is 0.464. The van der Waals surface area contributed by atoms with Crippen molar-refractivity contribution in [3.63, 3.8) is 0 Å². The predicted octanol–water partition coefficient (Wildman–Crippen LogP) is 5.07. The summed E-state index contributed by atoms with van der Waals surface area (Å²) in [7, 11) is 0. The van der Waals surface area contributed by atoms with Crippen molar-refractivity contribution in [2.75, 3.05) is 0 Å². The quantitative estimate of drug-likeness (QED) is 0.760. The summed E-state index contributed by atoms with van der Waals surface area (Å²) in [6.45, 7) is 6.71. The van der Waals surface area contributed by atoms with Crippen molar-refractivity contribution < 1.29 is 0 Å². The van der Waals surface area contributed by atoms with Crippen molar-refractivity contribution in [2.45, 2.75) is 52.1 Å². The van der Waals surface area contributed by atoms with E-state index in [0.29, 0.717) is 12.1 Å². The van der Waals surface area contributed by atoms with Crippen LogP contribution in [0.25, 0.3) is 10.8 Å². The summed E-state index contributed by atoms with van der Waals surface area (Å²) in [5.41, 5.74) is 1.44. The third-order valence-corrected chi connectivity index (χ3v) is 3.58. The third kappa shape index (κ3) is 3.57. The van der Waals surface area contributed by atoms with Crippen molar-refractivity contribution in [3.05, 3.63) is 48.0 Å². The Kier molecular flexibility index (Phi) is 4.98. The highest BCUT2D eigenvalue weighted by molar-refractivity contribution is 5.86. The third-order valence-electron chi connectivity index (χ3n) is 3.58. The van der Waals surface area contributed by atoms with Gasteiger partial charge in [-0.2, -0.15) is 0 Å². The van der Waals surface area contributed by atoms with E-state index >= 15 is 0 Å². The van der Waals surface area contributed by atoms with Crippen LogP contribution < -0.4 is 5.32 Å². The Morgan fingerprint density at radius 1 is 1.00 bits per heavy atom. The molecule has 1 nitrogen and oxygen atoms in total. The highest BCUT2D eigenvalue weighted by Crippen LogP contribution is 2.27. The summed E-state index contributed by atoms with van der Waals surface area (Å²) in [4.78, 5) is 0. The number of hydrogen-bond donors (Lipinski definition) is 1. The van der Waals surface area contributed by atoms with E-state index in [4.69, 9.17) is 0 Å². The second-order valence-electron chi connectivity index (χ2n) is 5.58. The van der Waals surface area contributed by atoms with Crippen LogP contribution in [0.15, 0.2) is 42.5 Å². The monoisotopic (exact) mass is 255 g/mol. The maximum absolute atomic E-state index is 3.72. The van der Waals surface area contributed by atoms with Gasteiger partial charge < -0.3 is 5.32 Å². The van der Waals surface area contributed by atoms with E-state index in [1.165, 1.54) is 35.6 Å². The average Bonchev–Trinajstić information content (AvgIpc) is 2.42. The van der Waals surface area contributed by atoms with E-state index < -0.39 is 0 Å². The Morgan fingerprint density at radius 2 is 1.74 bits per heavy atom. The summed E-state index contributed by atoms with van der Waals surface area (Å²) >= 11 is 0. The molecule has 2 rings (SSSR count). The van der Waals surface area contributed by atoms with Gasteiger partial charge in [0.2, 0.25) is 0 Å². The van der Waals surface area contributed by atoms with Gasteiger partial charge in [0.05, 0.1) is 0 Å². The number of benzene rings is 2. The number of rotatable bonds is 6. The van der Waals surface area contributed by atoms with Crippen molar-refractivity contribution in [1.82, 2.24) is 5.32 Å². The number of hydrogen-bond acceptors (Lipinski definition) is 1. The van der Waals surface area contributed by atoms with Gasteiger partial charge in [-0.3, -0.25) is 0 Å². The zero-order chi connectivity index (χ0) is 13.7. The minimum Gasteiger partial charge on any atom is -0.308 e. The van der Waals surface area contributed by atoms with E-state index in [1.54, 1.807) is 0 Å². The lowest BCUT2D eigenvalue weighted by Crippen LogP contribution is -2.28. The van der Waals surface area contributed by atoms with Gasteiger partial charge in [-0.15, -0.1) is 0 Å². The Bertz CT molecular complexity index is 511. The lowest BCUT2D eigenvalue weighted by molar-refractivity contribution is 0.442. The topological polar surface area (TPSA) is 12.0 Å². The van der Waals surface area contributed by atoms with Crippen LogP contribution in [-0.2, 0) is 0 Å².